The summed E-state index contributed by atoms with van der Waals surface area (Å²) in [4.78, 5) is 34.3. The maximum atomic E-state index is 11.7. The number of carbonyl (C=O) groups is 3. The predicted molar refractivity (Wildman–Crippen MR) is 86.8 cm³/mol. The number of ether oxygens (including phenoxy) is 2. The van der Waals surface area contributed by atoms with Crippen LogP contribution in [0, 0.1) is 0 Å². The van der Waals surface area contributed by atoms with Gasteiger partial charge in [-0.15, -0.1) is 0 Å². The maximum Gasteiger partial charge on any atom is 0.331 e. The number of aliphatic hydroxyl groups is 1. The third-order valence-electron chi connectivity index (χ3n) is 3.17. The van der Waals surface area contributed by atoms with E-state index in [4.69, 9.17) is 14.6 Å². The summed E-state index contributed by atoms with van der Waals surface area (Å²) in [6.07, 6.45) is 0.600. The minimum absolute atomic E-state index is 0.0155. The molecule has 0 heterocycles. The lowest BCUT2D eigenvalue weighted by Crippen LogP contribution is -2.44. The zero-order valence-electron chi connectivity index (χ0n) is 13.9. The molecule has 0 aliphatic rings. The minimum Gasteiger partial charge on any atom is -0.494 e. The van der Waals surface area contributed by atoms with Crippen molar-refractivity contribution in [2.24, 2.45) is 0 Å². The van der Waals surface area contributed by atoms with E-state index in [0.717, 1.165) is 0 Å². The van der Waals surface area contributed by atoms with Crippen LogP contribution in [-0.2, 0) is 14.3 Å². The molecule has 0 saturated heterocycles. The van der Waals surface area contributed by atoms with Crippen LogP contribution in [0.4, 0.5) is 0 Å². The van der Waals surface area contributed by atoms with Crippen molar-refractivity contribution in [1.29, 1.82) is 0 Å². The minimum atomic E-state index is -1.04. The average molecular weight is 337 g/mol. The van der Waals surface area contributed by atoms with Gasteiger partial charge in [0.2, 0.25) is 5.91 Å². The summed E-state index contributed by atoms with van der Waals surface area (Å²) in [6.45, 7) is 3.12. The molecule has 24 heavy (non-hydrogen) atoms. The molecule has 7 heteroatoms. The molecular formula is C17H23NO6. The lowest BCUT2D eigenvalue weighted by Gasteiger charge is -2.14. The van der Waals surface area contributed by atoms with Gasteiger partial charge in [0, 0.05) is 12.0 Å². The van der Waals surface area contributed by atoms with Crippen molar-refractivity contribution in [3.63, 3.8) is 0 Å². The molecule has 2 N–H and O–H groups in total. The predicted octanol–water partition coefficient (Wildman–Crippen LogP) is 1.09. The summed E-state index contributed by atoms with van der Waals surface area (Å²) in [5, 5.41) is 11.5. The Morgan fingerprint density at radius 2 is 1.88 bits per heavy atom. The fourth-order valence-corrected chi connectivity index (χ4v) is 1.90. The quantitative estimate of drug-likeness (QED) is 0.376. The first-order valence-corrected chi connectivity index (χ1v) is 7.78. The van der Waals surface area contributed by atoms with Crippen LogP contribution in [0.25, 0.3) is 0 Å². The van der Waals surface area contributed by atoms with E-state index in [-0.39, 0.29) is 24.7 Å². The Bertz CT molecular complexity index is 555. The first kappa shape index (κ1) is 19.6. The smallest absolute Gasteiger partial charge is 0.331 e. The van der Waals surface area contributed by atoms with Gasteiger partial charge in [-0.1, -0.05) is 0 Å². The highest BCUT2D eigenvalue weighted by Crippen LogP contribution is 2.13. The fourth-order valence-electron chi connectivity index (χ4n) is 1.90. The second kappa shape index (κ2) is 10.4. The number of carbonyl (C=O) groups excluding carboxylic acids is 3. The highest BCUT2D eigenvalue weighted by atomic mass is 16.5. The fraction of sp³-hybridized carbons (Fsp3) is 0.471. The number of rotatable bonds is 10. The molecule has 0 spiro atoms. The molecule has 0 aliphatic heterocycles. The van der Waals surface area contributed by atoms with Gasteiger partial charge in [0.25, 0.3) is 0 Å². The molecule has 1 unspecified atom stereocenters. The second-order valence-corrected chi connectivity index (χ2v) is 5.09. The van der Waals surface area contributed by atoms with E-state index in [1.54, 1.807) is 31.2 Å². The van der Waals surface area contributed by atoms with E-state index in [9.17, 15) is 14.4 Å². The average Bonchev–Trinajstić information content (AvgIpc) is 2.57. The van der Waals surface area contributed by atoms with Crippen LogP contribution in [0.15, 0.2) is 24.3 Å². The van der Waals surface area contributed by atoms with Gasteiger partial charge in [0.15, 0.2) is 11.8 Å². The Balaban J connectivity index is 2.30. The SMILES string of the molecule is CCOC(=O)C(CO)NC(=O)CCCOc1ccc(C(C)=O)cc1. The number of ketones is 1. The van der Waals surface area contributed by atoms with Crippen molar-refractivity contribution in [3.8, 4) is 5.75 Å². The van der Waals surface area contributed by atoms with Crippen LogP contribution in [0.2, 0.25) is 0 Å². The van der Waals surface area contributed by atoms with Crippen LogP contribution in [0.3, 0.4) is 0 Å². The molecule has 132 valence electrons. The number of hydrogen-bond acceptors (Lipinski definition) is 6. The lowest BCUT2D eigenvalue weighted by molar-refractivity contribution is -0.148. The molecule has 0 fully saturated rings. The Labute approximate surface area is 141 Å². The summed E-state index contributed by atoms with van der Waals surface area (Å²) in [7, 11) is 0. The summed E-state index contributed by atoms with van der Waals surface area (Å²) < 4.78 is 10.2. The highest BCUT2D eigenvalue weighted by Gasteiger charge is 2.20. The second-order valence-electron chi connectivity index (χ2n) is 5.09. The van der Waals surface area contributed by atoms with Crippen molar-refractivity contribution in [3.05, 3.63) is 29.8 Å². The van der Waals surface area contributed by atoms with Crippen molar-refractivity contribution in [2.45, 2.75) is 32.7 Å². The monoisotopic (exact) mass is 337 g/mol. The van der Waals surface area contributed by atoms with Crippen LogP contribution in [-0.4, -0.2) is 48.6 Å². The van der Waals surface area contributed by atoms with Gasteiger partial charge >= 0.3 is 5.97 Å². The highest BCUT2D eigenvalue weighted by molar-refractivity contribution is 5.94. The summed E-state index contributed by atoms with van der Waals surface area (Å²) in [5.41, 5.74) is 0.607. The van der Waals surface area contributed by atoms with Crippen molar-refractivity contribution in [1.82, 2.24) is 5.32 Å². The van der Waals surface area contributed by atoms with E-state index in [1.165, 1.54) is 6.92 Å². The van der Waals surface area contributed by atoms with Crippen molar-refractivity contribution < 1.29 is 29.0 Å². The Kier molecular flexibility index (Phi) is 8.49. The number of Topliss-reactive ketones (excluding diaryl/α,β-unsaturated/α-hetero) is 1. The molecule has 7 nitrogen and oxygen atoms in total. The lowest BCUT2D eigenvalue weighted by atomic mass is 10.1. The Hall–Kier alpha value is -2.41. The zero-order valence-corrected chi connectivity index (χ0v) is 13.9. The van der Waals surface area contributed by atoms with Gasteiger partial charge in [-0.05, 0) is 44.5 Å². The molecule has 1 atom stereocenters. The van der Waals surface area contributed by atoms with Crippen molar-refractivity contribution in [2.75, 3.05) is 19.8 Å². The third-order valence-corrected chi connectivity index (χ3v) is 3.17. The first-order chi connectivity index (χ1) is 11.5. The molecular weight excluding hydrogens is 314 g/mol. The first-order valence-electron chi connectivity index (χ1n) is 7.78. The molecule has 0 bridgehead atoms. The molecule has 0 aliphatic carbocycles. The van der Waals surface area contributed by atoms with Crippen LogP contribution >= 0.6 is 0 Å². The molecule has 1 rings (SSSR count). The largest absolute Gasteiger partial charge is 0.494 e. The van der Waals surface area contributed by atoms with E-state index >= 15 is 0 Å². The van der Waals surface area contributed by atoms with E-state index in [0.29, 0.717) is 24.3 Å². The molecule has 0 saturated carbocycles. The number of esters is 1. The molecule has 0 aromatic heterocycles. The van der Waals surface area contributed by atoms with Gasteiger partial charge in [-0.25, -0.2) is 4.79 Å². The Morgan fingerprint density at radius 3 is 2.42 bits per heavy atom. The molecule has 0 radical (unpaired) electrons. The standard InChI is InChI=1S/C17H23NO6/c1-3-23-17(22)15(11-19)18-16(21)5-4-10-24-14-8-6-13(7-9-14)12(2)20/h6-9,15,19H,3-5,10-11H2,1-2H3,(H,18,21). The van der Waals surface area contributed by atoms with Crippen LogP contribution in [0.1, 0.15) is 37.0 Å². The summed E-state index contributed by atoms with van der Waals surface area (Å²) >= 11 is 0. The summed E-state index contributed by atoms with van der Waals surface area (Å²) in [5.74, 6) is -0.425. The normalized spacial score (nSPS) is 11.5. The maximum absolute atomic E-state index is 11.7. The Morgan fingerprint density at radius 1 is 1.21 bits per heavy atom. The van der Waals surface area contributed by atoms with E-state index < -0.39 is 18.6 Å². The van der Waals surface area contributed by atoms with Gasteiger partial charge in [0.05, 0.1) is 19.8 Å². The van der Waals surface area contributed by atoms with E-state index in [1.807, 2.05) is 0 Å². The van der Waals surface area contributed by atoms with Gasteiger partial charge < -0.3 is 19.9 Å². The van der Waals surface area contributed by atoms with Gasteiger partial charge in [-0.3, -0.25) is 9.59 Å². The topological polar surface area (TPSA) is 102 Å². The summed E-state index contributed by atoms with van der Waals surface area (Å²) in [6, 6.07) is 5.70. The number of nitrogens with one attached hydrogen (secondary N) is 1. The van der Waals surface area contributed by atoms with Crippen LogP contribution in [0.5, 0.6) is 5.75 Å². The number of hydrogen-bond donors (Lipinski definition) is 2. The third kappa shape index (κ3) is 6.78. The zero-order chi connectivity index (χ0) is 17.9. The van der Waals surface area contributed by atoms with Gasteiger partial charge in [0.1, 0.15) is 5.75 Å². The molecule has 1 amide bonds. The molecule has 1 aromatic rings. The number of benzene rings is 1. The molecule has 1 aromatic carbocycles. The van der Waals surface area contributed by atoms with Crippen LogP contribution < -0.4 is 10.1 Å². The number of aliphatic hydroxyl groups excluding tert-OH is 1. The van der Waals surface area contributed by atoms with Gasteiger partial charge in [-0.2, -0.15) is 0 Å². The van der Waals surface area contributed by atoms with Crippen molar-refractivity contribution >= 4 is 17.7 Å². The van der Waals surface area contributed by atoms with E-state index in [2.05, 4.69) is 5.32 Å². The number of amides is 1.